The summed E-state index contributed by atoms with van der Waals surface area (Å²) in [6.07, 6.45) is 3.07. The number of hydrogen-bond acceptors (Lipinski definition) is 3. The molecule has 0 unspecified atom stereocenters. The van der Waals surface area contributed by atoms with Crippen LogP contribution in [0.2, 0.25) is 0 Å². The number of piperidine rings is 1. The molecule has 1 amide bonds. The number of fused-ring (bicyclic) bond motifs is 6. The molecule has 2 saturated heterocycles. The number of carbonyl (C=O) groups excluding carboxylic acids is 1. The smallest absolute Gasteiger partial charge is 0.244 e. The fourth-order valence-corrected chi connectivity index (χ4v) is 7.48. The van der Waals surface area contributed by atoms with Crippen molar-refractivity contribution in [2.45, 2.75) is 68.6 Å². The van der Waals surface area contributed by atoms with E-state index in [1.165, 1.54) is 5.56 Å². The van der Waals surface area contributed by atoms with Crippen LogP contribution in [-0.4, -0.2) is 41.7 Å². The van der Waals surface area contributed by atoms with Crippen molar-refractivity contribution in [3.8, 4) is 0 Å². The zero-order valence-corrected chi connectivity index (χ0v) is 17.6. The third-order valence-corrected chi connectivity index (χ3v) is 8.67. The standard InChI is InChI=1S/C23H26N2O3S/c1-15-7-5-9-18(13-15)29(27,28)25-20-11-6-12-21(25)23(26)24-16(2)14-17-8-3-4-10-19(17)22(20)24/h3-5,7-10,13,16,20-22H,6,11-12,14H2,1-2H3/t16-,20+,21-,22+/m1/s1. The lowest BCUT2D eigenvalue weighted by atomic mass is 9.78. The first-order chi connectivity index (χ1) is 13.9. The highest BCUT2D eigenvalue weighted by molar-refractivity contribution is 7.89. The van der Waals surface area contributed by atoms with E-state index in [4.69, 9.17) is 0 Å². The summed E-state index contributed by atoms with van der Waals surface area (Å²) in [5.41, 5.74) is 3.23. The number of carbonyl (C=O) groups is 1. The van der Waals surface area contributed by atoms with E-state index in [1.54, 1.807) is 22.5 Å². The van der Waals surface area contributed by atoms with Gasteiger partial charge in [0, 0.05) is 6.04 Å². The Kier molecular flexibility index (Phi) is 4.33. The highest BCUT2D eigenvalue weighted by Gasteiger charge is 2.56. The Morgan fingerprint density at radius 1 is 1.03 bits per heavy atom. The first kappa shape index (κ1) is 18.8. The SMILES string of the molecule is Cc1cccc(S(=O)(=O)N2[C@@H]3CCC[C@H]2[C@@H]2c4ccccc4C[C@@H](C)N2C3=O)c1. The summed E-state index contributed by atoms with van der Waals surface area (Å²) in [4.78, 5) is 15.8. The zero-order chi connectivity index (χ0) is 20.3. The zero-order valence-electron chi connectivity index (χ0n) is 16.8. The molecule has 29 heavy (non-hydrogen) atoms. The van der Waals surface area contributed by atoms with E-state index in [2.05, 4.69) is 19.1 Å². The van der Waals surface area contributed by atoms with Gasteiger partial charge < -0.3 is 4.90 Å². The molecule has 5 rings (SSSR count). The van der Waals surface area contributed by atoms with E-state index in [9.17, 15) is 13.2 Å². The Morgan fingerprint density at radius 2 is 1.83 bits per heavy atom. The summed E-state index contributed by atoms with van der Waals surface area (Å²) in [7, 11) is -3.76. The molecule has 3 heterocycles. The number of piperazine rings is 1. The monoisotopic (exact) mass is 410 g/mol. The van der Waals surface area contributed by atoms with E-state index in [-0.39, 0.29) is 28.9 Å². The molecule has 4 atom stereocenters. The summed E-state index contributed by atoms with van der Waals surface area (Å²) in [5.74, 6) is -0.0378. The second kappa shape index (κ2) is 6.67. The molecule has 5 nitrogen and oxygen atoms in total. The van der Waals surface area contributed by atoms with Crippen molar-refractivity contribution >= 4 is 15.9 Å². The van der Waals surface area contributed by atoms with Gasteiger partial charge in [0.05, 0.1) is 17.0 Å². The minimum atomic E-state index is -3.76. The van der Waals surface area contributed by atoms with Gasteiger partial charge in [-0.2, -0.15) is 4.31 Å². The second-order valence-corrected chi connectivity index (χ2v) is 10.5. The van der Waals surface area contributed by atoms with Crippen molar-refractivity contribution in [2.75, 3.05) is 0 Å². The number of aryl methyl sites for hydroxylation is 1. The fourth-order valence-electron chi connectivity index (χ4n) is 5.55. The largest absolute Gasteiger partial charge is 0.330 e. The predicted octanol–water partition coefficient (Wildman–Crippen LogP) is 3.43. The van der Waals surface area contributed by atoms with Gasteiger partial charge in [-0.15, -0.1) is 0 Å². The average molecular weight is 411 g/mol. The van der Waals surface area contributed by atoms with Gasteiger partial charge in [0.25, 0.3) is 0 Å². The topological polar surface area (TPSA) is 57.7 Å². The predicted molar refractivity (Wildman–Crippen MR) is 111 cm³/mol. The maximum absolute atomic E-state index is 13.7. The molecule has 2 aromatic rings. The van der Waals surface area contributed by atoms with E-state index >= 15 is 0 Å². The highest BCUT2D eigenvalue weighted by Crippen LogP contribution is 2.47. The molecule has 152 valence electrons. The molecule has 0 aliphatic carbocycles. The highest BCUT2D eigenvalue weighted by atomic mass is 32.2. The van der Waals surface area contributed by atoms with Gasteiger partial charge in [-0.3, -0.25) is 4.79 Å². The van der Waals surface area contributed by atoms with E-state index < -0.39 is 16.1 Å². The van der Waals surface area contributed by atoms with Crippen LogP contribution in [0, 0.1) is 6.92 Å². The van der Waals surface area contributed by atoms with Crippen LogP contribution in [0.15, 0.2) is 53.4 Å². The molecule has 3 aliphatic heterocycles. The molecule has 2 aromatic carbocycles. The van der Waals surface area contributed by atoms with Crippen LogP contribution in [-0.2, 0) is 21.2 Å². The van der Waals surface area contributed by atoms with Crippen LogP contribution in [0.1, 0.15) is 48.9 Å². The van der Waals surface area contributed by atoms with Crippen LogP contribution in [0.3, 0.4) is 0 Å². The number of sulfonamides is 1. The summed E-state index contributed by atoms with van der Waals surface area (Å²) < 4.78 is 29.0. The summed E-state index contributed by atoms with van der Waals surface area (Å²) in [5, 5.41) is 0. The number of rotatable bonds is 2. The lowest BCUT2D eigenvalue weighted by Gasteiger charge is -2.56. The van der Waals surface area contributed by atoms with Crippen molar-refractivity contribution < 1.29 is 13.2 Å². The molecule has 0 radical (unpaired) electrons. The molecule has 2 fully saturated rings. The number of hydrogen-bond donors (Lipinski definition) is 0. The lowest BCUT2D eigenvalue weighted by Crippen LogP contribution is -2.68. The Hall–Kier alpha value is -2.18. The first-order valence-corrected chi connectivity index (χ1v) is 11.8. The van der Waals surface area contributed by atoms with Gasteiger partial charge in [0.2, 0.25) is 15.9 Å². The van der Waals surface area contributed by atoms with Gasteiger partial charge >= 0.3 is 0 Å². The van der Waals surface area contributed by atoms with Crippen molar-refractivity contribution in [3.63, 3.8) is 0 Å². The minimum Gasteiger partial charge on any atom is -0.330 e. The lowest BCUT2D eigenvalue weighted by molar-refractivity contribution is -0.153. The van der Waals surface area contributed by atoms with Crippen LogP contribution in [0.5, 0.6) is 0 Å². The summed E-state index contributed by atoms with van der Waals surface area (Å²) >= 11 is 0. The van der Waals surface area contributed by atoms with Crippen molar-refractivity contribution in [1.82, 2.24) is 9.21 Å². The quantitative estimate of drug-likeness (QED) is 0.762. The van der Waals surface area contributed by atoms with E-state index in [1.807, 2.05) is 30.0 Å². The van der Waals surface area contributed by atoms with Gasteiger partial charge in [0.15, 0.2) is 0 Å². The summed E-state index contributed by atoms with van der Waals surface area (Å²) in [6.45, 7) is 3.98. The molecule has 2 bridgehead atoms. The first-order valence-electron chi connectivity index (χ1n) is 10.4. The molecule has 6 heteroatoms. The molecular weight excluding hydrogens is 384 g/mol. The van der Waals surface area contributed by atoms with Gasteiger partial charge in [-0.1, -0.05) is 36.4 Å². The fraction of sp³-hybridized carbons (Fsp3) is 0.435. The maximum atomic E-state index is 13.7. The summed E-state index contributed by atoms with van der Waals surface area (Å²) in [6, 6.07) is 14.3. The Bertz CT molecular complexity index is 1080. The van der Waals surface area contributed by atoms with Gasteiger partial charge in [0.1, 0.15) is 6.04 Å². The molecule has 0 spiro atoms. The molecule has 0 aromatic heterocycles. The third kappa shape index (κ3) is 2.76. The normalized spacial score (nSPS) is 29.3. The molecule has 0 N–H and O–H groups in total. The maximum Gasteiger partial charge on any atom is 0.244 e. The average Bonchev–Trinajstić information content (AvgIpc) is 2.71. The minimum absolute atomic E-state index is 0.0378. The van der Waals surface area contributed by atoms with Crippen molar-refractivity contribution in [1.29, 1.82) is 0 Å². The van der Waals surface area contributed by atoms with Crippen molar-refractivity contribution in [3.05, 3.63) is 65.2 Å². The third-order valence-electron chi connectivity index (χ3n) is 6.74. The number of nitrogens with zero attached hydrogens (tertiary/aromatic N) is 2. The van der Waals surface area contributed by atoms with E-state index in [0.717, 1.165) is 30.4 Å². The Labute approximate surface area is 172 Å². The number of benzene rings is 2. The van der Waals surface area contributed by atoms with Crippen molar-refractivity contribution in [2.24, 2.45) is 0 Å². The van der Waals surface area contributed by atoms with Gasteiger partial charge in [-0.25, -0.2) is 8.42 Å². The molecular formula is C23H26N2O3S. The Balaban J connectivity index is 1.67. The molecule has 0 saturated carbocycles. The van der Waals surface area contributed by atoms with E-state index in [0.29, 0.717) is 6.42 Å². The van der Waals surface area contributed by atoms with Crippen LogP contribution < -0.4 is 0 Å². The van der Waals surface area contributed by atoms with Gasteiger partial charge in [-0.05, 0) is 68.4 Å². The number of amides is 1. The Morgan fingerprint density at radius 3 is 2.62 bits per heavy atom. The van der Waals surface area contributed by atoms with Crippen LogP contribution in [0.4, 0.5) is 0 Å². The van der Waals surface area contributed by atoms with Crippen LogP contribution >= 0.6 is 0 Å². The van der Waals surface area contributed by atoms with Crippen LogP contribution in [0.25, 0.3) is 0 Å². The molecule has 3 aliphatic rings. The second-order valence-electron chi connectivity index (χ2n) is 8.61.